The lowest BCUT2D eigenvalue weighted by Crippen LogP contribution is -2.31. The van der Waals surface area contributed by atoms with Crippen molar-refractivity contribution < 1.29 is 14.3 Å². The second-order valence-electron chi connectivity index (χ2n) is 5.29. The predicted molar refractivity (Wildman–Crippen MR) is 89.6 cm³/mol. The molecule has 4 nitrogen and oxygen atoms in total. The Morgan fingerprint density at radius 1 is 1.04 bits per heavy atom. The Hall–Kier alpha value is -2.62. The van der Waals surface area contributed by atoms with Crippen molar-refractivity contribution in [3.63, 3.8) is 0 Å². The van der Waals surface area contributed by atoms with Crippen LogP contribution < -0.4 is 10.1 Å². The van der Waals surface area contributed by atoms with Gasteiger partial charge in [0, 0.05) is 12.0 Å². The maximum Gasteiger partial charge on any atom is 0.258 e. The smallest absolute Gasteiger partial charge is 0.258 e. The molecule has 0 aromatic heterocycles. The van der Waals surface area contributed by atoms with E-state index < -0.39 is 0 Å². The van der Waals surface area contributed by atoms with E-state index in [0.717, 1.165) is 5.56 Å². The summed E-state index contributed by atoms with van der Waals surface area (Å²) in [7, 11) is 0. The van der Waals surface area contributed by atoms with Gasteiger partial charge in [0.25, 0.3) is 5.91 Å². The number of ketones is 1. The van der Waals surface area contributed by atoms with E-state index in [4.69, 9.17) is 4.74 Å². The van der Waals surface area contributed by atoms with Gasteiger partial charge < -0.3 is 10.1 Å². The summed E-state index contributed by atoms with van der Waals surface area (Å²) in [5.41, 5.74) is 1.70. The van der Waals surface area contributed by atoms with Gasteiger partial charge in [-0.05, 0) is 36.8 Å². The van der Waals surface area contributed by atoms with E-state index in [-0.39, 0.29) is 24.3 Å². The number of benzene rings is 2. The molecule has 0 aliphatic carbocycles. The summed E-state index contributed by atoms with van der Waals surface area (Å²) in [5, 5.41) is 2.89. The fourth-order valence-corrected chi connectivity index (χ4v) is 2.20. The van der Waals surface area contributed by atoms with Crippen LogP contribution in [0.2, 0.25) is 0 Å². The van der Waals surface area contributed by atoms with Crippen LogP contribution in [0.1, 0.15) is 42.2 Å². The van der Waals surface area contributed by atoms with Crippen LogP contribution in [-0.4, -0.2) is 18.3 Å². The average Bonchev–Trinajstić information content (AvgIpc) is 2.60. The lowest BCUT2D eigenvalue weighted by molar-refractivity contribution is -0.123. The van der Waals surface area contributed by atoms with E-state index in [1.54, 1.807) is 24.3 Å². The Labute approximate surface area is 136 Å². The predicted octanol–water partition coefficient (Wildman–Crippen LogP) is 3.54. The van der Waals surface area contributed by atoms with Crippen LogP contribution in [0.3, 0.4) is 0 Å². The topological polar surface area (TPSA) is 55.4 Å². The van der Waals surface area contributed by atoms with Crippen molar-refractivity contribution in [3.8, 4) is 5.75 Å². The zero-order valence-corrected chi connectivity index (χ0v) is 13.4. The first-order valence-electron chi connectivity index (χ1n) is 7.70. The molecule has 23 heavy (non-hydrogen) atoms. The van der Waals surface area contributed by atoms with Crippen molar-refractivity contribution in [1.82, 2.24) is 5.32 Å². The molecule has 4 heteroatoms. The molecule has 120 valence electrons. The minimum absolute atomic E-state index is 0.0573. The number of amides is 1. The molecule has 0 heterocycles. The molecule has 2 rings (SSSR count). The second kappa shape index (κ2) is 8.13. The fourth-order valence-electron chi connectivity index (χ4n) is 2.20. The lowest BCUT2D eigenvalue weighted by Gasteiger charge is -2.14. The Balaban J connectivity index is 1.83. The van der Waals surface area contributed by atoms with E-state index in [2.05, 4.69) is 5.32 Å². The molecule has 0 saturated heterocycles. The summed E-state index contributed by atoms with van der Waals surface area (Å²) in [6.07, 6.45) is 0.472. The minimum Gasteiger partial charge on any atom is -0.484 e. The first kappa shape index (κ1) is 16.7. The molecule has 0 fully saturated rings. The first-order chi connectivity index (χ1) is 11.1. The molecule has 1 amide bonds. The monoisotopic (exact) mass is 311 g/mol. The third-order valence-corrected chi connectivity index (χ3v) is 3.54. The highest BCUT2D eigenvalue weighted by molar-refractivity contribution is 5.95. The normalized spacial score (nSPS) is 11.6. The third-order valence-electron chi connectivity index (χ3n) is 3.54. The number of Topliss-reactive ketones (excluding diaryl/α,β-unsaturated/α-hetero) is 1. The standard InChI is InChI=1S/C19H21NO3/c1-3-18(21)16-9-11-17(12-10-16)23-13-19(22)20-14(2)15-7-5-4-6-8-15/h4-12,14H,3,13H2,1-2H3,(H,20,22). The van der Waals surface area contributed by atoms with E-state index in [0.29, 0.717) is 17.7 Å². The van der Waals surface area contributed by atoms with Gasteiger partial charge in [0.2, 0.25) is 0 Å². The quantitative estimate of drug-likeness (QED) is 0.796. The van der Waals surface area contributed by atoms with Gasteiger partial charge in [-0.15, -0.1) is 0 Å². The molecule has 0 saturated carbocycles. The van der Waals surface area contributed by atoms with Gasteiger partial charge in [-0.2, -0.15) is 0 Å². The van der Waals surface area contributed by atoms with Gasteiger partial charge in [-0.25, -0.2) is 0 Å². The fraction of sp³-hybridized carbons (Fsp3) is 0.263. The Morgan fingerprint density at radius 2 is 1.70 bits per heavy atom. The molecule has 0 bridgehead atoms. The molecule has 1 unspecified atom stereocenters. The van der Waals surface area contributed by atoms with Crippen molar-refractivity contribution >= 4 is 11.7 Å². The van der Waals surface area contributed by atoms with Crippen LogP contribution in [0.15, 0.2) is 54.6 Å². The van der Waals surface area contributed by atoms with Crippen molar-refractivity contribution in [2.45, 2.75) is 26.3 Å². The van der Waals surface area contributed by atoms with Crippen LogP contribution in [0, 0.1) is 0 Å². The molecular weight excluding hydrogens is 290 g/mol. The zero-order valence-electron chi connectivity index (χ0n) is 13.4. The molecular formula is C19H21NO3. The van der Waals surface area contributed by atoms with Crippen LogP contribution in [0.25, 0.3) is 0 Å². The molecule has 2 aromatic rings. The van der Waals surface area contributed by atoms with Gasteiger partial charge in [-0.1, -0.05) is 37.3 Å². The molecule has 1 N–H and O–H groups in total. The number of hydrogen-bond donors (Lipinski definition) is 1. The maximum atomic E-state index is 11.9. The van der Waals surface area contributed by atoms with Crippen molar-refractivity contribution in [2.75, 3.05) is 6.61 Å². The van der Waals surface area contributed by atoms with Gasteiger partial charge in [0.15, 0.2) is 12.4 Å². The van der Waals surface area contributed by atoms with Crippen molar-refractivity contribution in [1.29, 1.82) is 0 Å². The highest BCUT2D eigenvalue weighted by atomic mass is 16.5. The summed E-state index contributed by atoms with van der Waals surface area (Å²) in [4.78, 5) is 23.5. The van der Waals surface area contributed by atoms with Crippen LogP contribution in [0.5, 0.6) is 5.75 Å². The van der Waals surface area contributed by atoms with Gasteiger partial charge in [0.1, 0.15) is 5.75 Å². The second-order valence-corrected chi connectivity index (χ2v) is 5.29. The van der Waals surface area contributed by atoms with Gasteiger partial charge in [-0.3, -0.25) is 9.59 Å². The lowest BCUT2D eigenvalue weighted by atomic mass is 10.1. The maximum absolute atomic E-state index is 11.9. The Morgan fingerprint density at radius 3 is 2.30 bits per heavy atom. The zero-order chi connectivity index (χ0) is 16.7. The summed E-state index contributed by atoms with van der Waals surface area (Å²) in [6, 6.07) is 16.5. The molecule has 0 aliphatic rings. The van der Waals surface area contributed by atoms with E-state index in [1.165, 1.54) is 0 Å². The highest BCUT2D eigenvalue weighted by Gasteiger charge is 2.10. The number of hydrogen-bond acceptors (Lipinski definition) is 3. The number of carbonyl (C=O) groups excluding carboxylic acids is 2. The van der Waals surface area contributed by atoms with Crippen LogP contribution in [0.4, 0.5) is 0 Å². The molecule has 1 atom stereocenters. The number of nitrogens with one attached hydrogen (secondary N) is 1. The minimum atomic E-state index is -0.185. The Kier molecular flexibility index (Phi) is 5.92. The van der Waals surface area contributed by atoms with Crippen LogP contribution >= 0.6 is 0 Å². The SMILES string of the molecule is CCC(=O)c1ccc(OCC(=O)NC(C)c2ccccc2)cc1. The summed E-state index contributed by atoms with van der Waals surface area (Å²) in [6.45, 7) is 3.70. The largest absolute Gasteiger partial charge is 0.484 e. The summed E-state index contributed by atoms with van der Waals surface area (Å²) >= 11 is 0. The molecule has 2 aromatic carbocycles. The van der Waals surface area contributed by atoms with Gasteiger partial charge >= 0.3 is 0 Å². The number of ether oxygens (including phenoxy) is 1. The average molecular weight is 311 g/mol. The van der Waals surface area contributed by atoms with E-state index in [9.17, 15) is 9.59 Å². The van der Waals surface area contributed by atoms with E-state index >= 15 is 0 Å². The highest BCUT2D eigenvalue weighted by Crippen LogP contribution is 2.14. The number of rotatable bonds is 7. The van der Waals surface area contributed by atoms with E-state index in [1.807, 2.05) is 44.2 Å². The van der Waals surface area contributed by atoms with Gasteiger partial charge in [0.05, 0.1) is 6.04 Å². The third kappa shape index (κ3) is 4.95. The number of carbonyl (C=O) groups is 2. The van der Waals surface area contributed by atoms with Crippen LogP contribution in [-0.2, 0) is 4.79 Å². The molecule has 0 spiro atoms. The summed E-state index contributed by atoms with van der Waals surface area (Å²) in [5.74, 6) is 0.473. The Bertz CT molecular complexity index is 650. The summed E-state index contributed by atoms with van der Waals surface area (Å²) < 4.78 is 5.45. The van der Waals surface area contributed by atoms with Crippen molar-refractivity contribution in [2.24, 2.45) is 0 Å². The first-order valence-corrected chi connectivity index (χ1v) is 7.70. The molecule has 0 aliphatic heterocycles. The van der Waals surface area contributed by atoms with Crippen molar-refractivity contribution in [3.05, 3.63) is 65.7 Å². The molecule has 0 radical (unpaired) electrons.